The maximum atomic E-state index is 14.1. The van der Waals surface area contributed by atoms with Crippen LogP contribution in [-0.2, 0) is 16.0 Å². The molecule has 9 nitrogen and oxygen atoms in total. The Balaban J connectivity index is 1.28. The summed E-state index contributed by atoms with van der Waals surface area (Å²) in [6.45, 7) is 6.27. The van der Waals surface area contributed by atoms with E-state index in [9.17, 15) is 18.8 Å². The molecule has 0 aliphatic carbocycles. The largest absolute Gasteiger partial charge is 0.459 e. The molecule has 0 unspecified atom stereocenters. The highest BCUT2D eigenvalue weighted by atomic mass is 32.1. The first kappa shape index (κ1) is 26.3. The van der Waals surface area contributed by atoms with Crippen molar-refractivity contribution in [1.82, 2.24) is 14.8 Å². The van der Waals surface area contributed by atoms with Crippen LogP contribution >= 0.6 is 11.3 Å². The molecule has 1 aromatic carbocycles. The Morgan fingerprint density at radius 1 is 1.14 bits per heavy atom. The fourth-order valence-corrected chi connectivity index (χ4v) is 4.89. The number of furan rings is 1. The van der Waals surface area contributed by atoms with E-state index >= 15 is 0 Å². The molecule has 1 fully saturated rings. The van der Waals surface area contributed by atoms with Crippen molar-refractivity contribution in [3.8, 4) is 0 Å². The summed E-state index contributed by atoms with van der Waals surface area (Å²) < 4.78 is 19.2. The molecule has 4 rings (SSSR count). The first-order chi connectivity index (χ1) is 17.8. The van der Waals surface area contributed by atoms with Gasteiger partial charge in [0.25, 0.3) is 5.91 Å². The van der Waals surface area contributed by atoms with E-state index in [0.29, 0.717) is 49.2 Å². The molecule has 3 heterocycles. The molecule has 0 atom stereocenters. The first-order valence-electron chi connectivity index (χ1n) is 12.1. The van der Waals surface area contributed by atoms with E-state index in [1.807, 2.05) is 18.7 Å². The lowest BCUT2D eigenvalue weighted by Crippen LogP contribution is -2.49. The van der Waals surface area contributed by atoms with Crippen molar-refractivity contribution in [2.24, 2.45) is 5.92 Å². The van der Waals surface area contributed by atoms with Gasteiger partial charge in [0.2, 0.25) is 11.8 Å². The van der Waals surface area contributed by atoms with Crippen molar-refractivity contribution in [2.45, 2.75) is 20.3 Å². The number of rotatable bonds is 9. The number of nitrogens with zero attached hydrogens (tertiary/aromatic N) is 4. The molecule has 3 amide bonds. The predicted octanol–water partition coefficient (Wildman–Crippen LogP) is 3.50. The monoisotopic (exact) mass is 527 g/mol. The molecular weight excluding hydrogens is 497 g/mol. The van der Waals surface area contributed by atoms with Gasteiger partial charge in [-0.3, -0.25) is 14.4 Å². The maximum Gasteiger partial charge on any atom is 0.290 e. The smallest absolute Gasteiger partial charge is 0.290 e. The summed E-state index contributed by atoms with van der Waals surface area (Å²) in [5.74, 6) is -0.720. The SMILES string of the molecule is CC(C)CN(CC(=O)Nc1nc(CC(=O)N2CCN(c3ccccc3F)CC2)cs1)C(=O)c1ccco1. The molecule has 0 bridgehead atoms. The molecule has 1 N–H and O–H groups in total. The molecule has 0 saturated carbocycles. The topological polar surface area (TPSA) is 99.0 Å². The summed E-state index contributed by atoms with van der Waals surface area (Å²) in [7, 11) is 0. The predicted molar refractivity (Wildman–Crippen MR) is 139 cm³/mol. The maximum absolute atomic E-state index is 14.1. The molecule has 1 aliphatic heterocycles. The van der Waals surface area contributed by atoms with Gasteiger partial charge in [0.15, 0.2) is 10.9 Å². The quantitative estimate of drug-likeness (QED) is 0.457. The van der Waals surface area contributed by atoms with E-state index in [1.54, 1.807) is 40.6 Å². The second-order valence-corrected chi connectivity index (χ2v) is 10.1. The van der Waals surface area contributed by atoms with Crippen LogP contribution in [0.5, 0.6) is 0 Å². The average molecular weight is 528 g/mol. The third-order valence-electron chi connectivity index (χ3n) is 5.90. The molecule has 0 radical (unpaired) electrons. The van der Waals surface area contributed by atoms with Crippen molar-refractivity contribution in [1.29, 1.82) is 0 Å². The summed E-state index contributed by atoms with van der Waals surface area (Å²) in [6.07, 6.45) is 1.53. The number of benzene rings is 1. The highest BCUT2D eigenvalue weighted by molar-refractivity contribution is 7.13. The Morgan fingerprint density at radius 3 is 2.57 bits per heavy atom. The molecule has 3 aromatic rings. The third-order valence-corrected chi connectivity index (χ3v) is 6.70. The van der Waals surface area contributed by atoms with Crippen LogP contribution in [0.2, 0.25) is 0 Å². The molecular formula is C26H30FN5O4S. The van der Waals surface area contributed by atoms with Gasteiger partial charge in [0.1, 0.15) is 12.4 Å². The van der Waals surface area contributed by atoms with Gasteiger partial charge in [-0.1, -0.05) is 26.0 Å². The highest BCUT2D eigenvalue weighted by Crippen LogP contribution is 2.21. The lowest BCUT2D eigenvalue weighted by atomic mass is 10.2. The van der Waals surface area contributed by atoms with Crippen LogP contribution in [0.15, 0.2) is 52.5 Å². The molecule has 1 aliphatic rings. The Kier molecular flexibility index (Phi) is 8.54. The summed E-state index contributed by atoms with van der Waals surface area (Å²) in [5, 5.41) is 4.83. The minimum Gasteiger partial charge on any atom is -0.459 e. The van der Waals surface area contributed by atoms with Gasteiger partial charge in [-0.2, -0.15) is 0 Å². The zero-order chi connectivity index (χ0) is 26.4. The van der Waals surface area contributed by atoms with Gasteiger partial charge in [-0.25, -0.2) is 9.37 Å². The Labute approximate surface area is 218 Å². The second kappa shape index (κ2) is 12.0. The Hall–Kier alpha value is -3.73. The van der Waals surface area contributed by atoms with Crippen LogP contribution in [0.1, 0.15) is 30.1 Å². The minimum atomic E-state index is -0.378. The Bertz CT molecular complexity index is 1220. The second-order valence-electron chi connectivity index (χ2n) is 9.25. The van der Waals surface area contributed by atoms with Gasteiger partial charge < -0.3 is 24.4 Å². The summed E-state index contributed by atoms with van der Waals surface area (Å²) in [5.41, 5.74) is 1.11. The van der Waals surface area contributed by atoms with E-state index in [-0.39, 0.29) is 48.2 Å². The number of piperazine rings is 1. The number of thiazole rings is 1. The number of hydrogen-bond donors (Lipinski definition) is 1. The molecule has 37 heavy (non-hydrogen) atoms. The van der Waals surface area contributed by atoms with Crippen LogP contribution in [0, 0.1) is 11.7 Å². The van der Waals surface area contributed by atoms with Gasteiger partial charge in [-0.15, -0.1) is 11.3 Å². The van der Waals surface area contributed by atoms with Crippen molar-refractivity contribution in [2.75, 3.05) is 49.5 Å². The van der Waals surface area contributed by atoms with Gasteiger partial charge in [-0.05, 0) is 30.2 Å². The molecule has 0 spiro atoms. The molecule has 2 aromatic heterocycles. The van der Waals surface area contributed by atoms with Crippen LogP contribution in [0.3, 0.4) is 0 Å². The van der Waals surface area contributed by atoms with E-state index in [2.05, 4.69) is 10.3 Å². The van der Waals surface area contributed by atoms with Gasteiger partial charge >= 0.3 is 0 Å². The fraction of sp³-hybridized carbons (Fsp3) is 0.385. The number of aromatic nitrogens is 1. The zero-order valence-corrected chi connectivity index (χ0v) is 21.7. The van der Waals surface area contributed by atoms with Crippen molar-refractivity contribution in [3.63, 3.8) is 0 Å². The standard InChI is InChI=1S/C26H30FN5O4S/c1-18(2)15-32(25(35)22-8-5-13-36-22)16-23(33)29-26-28-19(17-37-26)14-24(34)31-11-9-30(10-12-31)21-7-4-3-6-20(21)27/h3-8,13,17-18H,9-12,14-16H2,1-2H3,(H,28,29,33). The number of amides is 3. The number of anilines is 2. The number of carbonyl (C=O) groups excluding carboxylic acids is 3. The van der Waals surface area contributed by atoms with Crippen molar-refractivity contribution < 1.29 is 23.2 Å². The first-order valence-corrected chi connectivity index (χ1v) is 13.0. The van der Waals surface area contributed by atoms with Crippen LogP contribution in [0.25, 0.3) is 0 Å². The van der Waals surface area contributed by atoms with Gasteiger partial charge in [0.05, 0.1) is 24.1 Å². The average Bonchev–Trinajstić information content (AvgIpc) is 3.56. The number of para-hydroxylation sites is 1. The number of hydrogen-bond acceptors (Lipinski definition) is 7. The lowest BCUT2D eigenvalue weighted by Gasteiger charge is -2.36. The third kappa shape index (κ3) is 6.94. The number of carbonyl (C=O) groups is 3. The molecule has 1 saturated heterocycles. The van der Waals surface area contributed by atoms with E-state index < -0.39 is 0 Å². The minimum absolute atomic E-state index is 0.0662. The molecule has 196 valence electrons. The number of nitrogens with one attached hydrogen (secondary N) is 1. The van der Waals surface area contributed by atoms with Crippen LogP contribution < -0.4 is 10.2 Å². The number of halogens is 1. The zero-order valence-electron chi connectivity index (χ0n) is 20.9. The molecule has 11 heteroatoms. The fourth-order valence-electron chi connectivity index (χ4n) is 4.17. The Morgan fingerprint density at radius 2 is 1.89 bits per heavy atom. The van der Waals surface area contributed by atoms with Crippen LogP contribution in [0.4, 0.5) is 15.2 Å². The van der Waals surface area contributed by atoms with Gasteiger partial charge in [0, 0.05) is 38.1 Å². The van der Waals surface area contributed by atoms with Crippen LogP contribution in [-0.4, -0.2) is 71.8 Å². The van der Waals surface area contributed by atoms with E-state index in [1.165, 1.54) is 28.6 Å². The van der Waals surface area contributed by atoms with E-state index in [0.717, 1.165) is 0 Å². The van der Waals surface area contributed by atoms with E-state index in [4.69, 9.17) is 4.42 Å². The normalized spacial score (nSPS) is 13.6. The van der Waals surface area contributed by atoms with Crippen molar-refractivity contribution >= 4 is 39.9 Å². The highest BCUT2D eigenvalue weighted by Gasteiger charge is 2.24. The van der Waals surface area contributed by atoms with Crippen molar-refractivity contribution in [3.05, 3.63) is 65.3 Å². The summed E-state index contributed by atoms with van der Waals surface area (Å²) in [4.78, 5) is 47.7. The summed E-state index contributed by atoms with van der Waals surface area (Å²) in [6, 6.07) is 9.83. The summed E-state index contributed by atoms with van der Waals surface area (Å²) >= 11 is 1.23. The lowest BCUT2D eigenvalue weighted by molar-refractivity contribution is -0.130.